The van der Waals surface area contributed by atoms with Crippen LogP contribution in [0.15, 0.2) is 88.9 Å². The fraction of sp³-hybridized carbons (Fsp3) is 0.174. The van der Waals surface area contributed by atoms with Gasteiger partial charge in [0.2, 0.25) is 0 Å². The molecular formula is C23H24N2O2S. The van der Waals surface area contributed by atoms with E-state index in [1.807, 2.05) is 75.4 Å². The second-order valence-electron chi connectivity index (χ2n) is 6.90. The molecule has 0 aromatic heterocycles. The van der Waals surface area contributed by atoms with Gasteiger partial charge in [-0.1, -0.05) is 84.8 Å². The van der Waals surface area contributed by atoms with E-state index in [1.54, 1.807) is 24.3 Å². The van der Waals surface area contributed by atoms with Gasteiger partial charge in [-0.2, -0.15) is 18.4 Å². The van der Waals surface area contributed by atoms with Crippen LogP contribution in [0.1, 0.15) is 35.1 Å². The molecule has 0 unspecified atom stereocenters. The largest absolute Gasteiger partial charge is 0.276 e. The van der Waals surface area contributed by atoms with Crippen LogP contribution < -0.4 is 4.83 Å². The predicted octanol–water partition coefficient (Wildman–Crippen LogP) is 4.79. The molecule has 0 saturated heterocycles. The molecule has 3 aromatic carbocycles. The lowest BCUT2D eigenvalue weighted by atomic mass is 9.91. The van der Waals surface area contributed by atoms with E-state index >= 15 is 0 Å². The molecule has 0 saturated carbocycles. The smallest absolute Gasteiger partial charge is 0.200 e. The molecule has 0 heterocycles. The van der Waals surface area contributed by atoms with Gasteiger partial charge in [0.05, 0.1) is 10.6 Å². The lowest BCUT2D eigenvalue weighted by molar-refractivity contribution is 0.584. The van der Waals surface area contributed by atoms with E-state index < -0.39 is 10.0 Å². The van der Waals surface area contributed by atoms with Gasteiger partial charge >= 0.3 is 0 Å². The van der Waals surface area contributed by atoms with E-state index in [0.29, 0.717) is 5.71 Å². The van der Waals surface area contributed by atoms with Crippen molar-refractivity contribution in [2.45, 2.75) is 31.6 Å². The van der Waals surface area contributed by atoms with Crippen LogP contribution in [0, 0.1) is 13.8 Å². The van der Waals surface area contributed by atoms with Crippen LogP contribution in [-0.2, 0) is 10.0 Å². The highest BCUT2D eigenvalue weighted by Gasteiger charge is 2.18. The Bertz CT molecular complexity index is 1060. The van der Waals surface area contributed by atoms with Crippen molar-refractivity contribution in [1.82, 2.24) is 4.83 Å². The first-order chi connectivity index (χ1) is 13.4. The van der Waals surface area contributed by atoms with Crippen LogP contribution in [0.5, 0.6) is 0 Å². The number of aryl methyl sites for hydroxylation is 2. The van der Waals surface area contributed by atoms with Crippen molar-refractivity contribution in [2.24, 2.45) is 5.10 Å². The van der Waals surface area contributed by atoms with Crippen LogP contribution in [0.4, 0.5) is 0 Å². The Hall–Kier alpha value is -2.92. The summed E-state index contributed by atoms with van der Waals surface area (Å²) in [5.74, 6) is -0.0791. The van der Waals surface area contributed by atoms with Crippen LogP contribution in [0.2, 0.25) is 0 Å². The number of sulfonamides is 1. The zero-order valence-electron chi connectivity index (χ0n) is 16.3. The third-order valence-electron chi connectivity index (χ3n) is 4.67. The molecular weight excluding hydrogens is 368 g/mol. The molecule has 0 aliphatic heterocycles. The molecule has 1 N–H and O–H groups in total. The molecule has 3 rings (SSSR count). The molecule has 3 aromatic rings. The molecule has 144 valence electrons. The SMILES string of the molecule is Cc1ccc(/C(=N\NS(=O)(=O)c2ccc(C)cc2)[C@H](C)c2ccccc2)cc1. The van der Waals surface area contributed by atoms with Crippen LogP contribution in [0.3, 0.4) is 0 Å². The standard InChI is InChI=1S/C23H24N2O2S/c1-17-9-13-21(14-10-17)23(19(3)20-7-5-4-6-8-20)24-25-28(26,27)22-15-11-18(2)12-16-22/h4-16,19,25H,1-3H3/b24-23-/t19-/m1/s1. The molecule has 1 atom stereocenters. The minimum Gasteiger partial charge on any atom is -0.200 e. The second-order valence-corrected chi connectivity index (χ2v) is 8.56. The van der Waals surface area contributed by atoms with E-state index in [2.05, 4.69) is 9.93 Å². The lowest BCUT2D eigenvalue weighted by Crippen LogP contribution is -2.23. The average Bonchev–Trinajstić information content (AvgIpc) is 2.70. The zero-order valence-corrected chi connectivity index (χ0v) is 17.1. The van der Waals surface area contributed by atoms with Gasteiger partial charge in [0.15, 0.2) is 0 Å². The van der Waals surface area contributed by atoms with E-state index in [-0.39, 0.29) is 10.8 Å². The number of hydrogen-bond donors (Lipinski definition) is 1. The van der Waals surface area contributed by atoms with Crippen molar-refractivity contribution in [1.29, 1.82) is 0 Å². The van der Waals surface area contributed by atoms with Crippen LogP contribution in [-0.4, -0.2) is 14.1 Å². The quantitative estimate of drug-likeness (QED) is 0.484. The Kier molecular flexibility index (Phi) is 5.95. The van der Waals surface area contributed by atoms with E-state index in [0.717, 1.165) is 22.3 Å². The maximum absolute atomic E-state index is 12.7. The Morgan fingerprint density at radius 3 is 1.93 bits per heavy atom. The summed E-state index contributed by atoms with van der Waals surface area (Å²) in [6.45, 7) is 5.95. The van der Waals surface area contributed by atoms with Crippen molar-refractivity contribution >= 4 is 15.7 Å². The summed E-state index contributed by atoms with van der Waals surface area (Å²) in [7, 11) is -3.74. The predicted molar refractivity (Wildman–Crippen MR) is 114 cm³/mol. The van der Waals surface area contributed by atoms with Crippen molar-refractivity contribution in [3.05, 3.63) is 101 Å². The third kappa shape index (κ3) is 4.67. The number of nitrogens with zero attached hydrogens (tertiary/aromatic N) is 1. The maximum atomic E-state index is 12.7. The molecule has 0 bridgehead atoms. The highest BCUT2D eigenvalue weighted by molar-refractivity contribution is 7.89. The number of benzene rings is 3. The van der Waals surface area contributed by atoms with Gasteiger partial charge in [-0.05, 0) is 37.1 Å². The second kappa shape index (κ2) is 8.40. The molecule has 0 radical (unpaired) electrons. The highest BCUT2D eigenvalue weighted by Crippen LogP contribution is 2.22. The fourth-order valence-electron chi connectivity index (χ4n) is 2.91. The van der Waals surface area contributed by atoms with E-state index in [4.69, 9.17) is 0 Å². The highest BCUT2D eigenvalue weighted by atomic mass is 32.2. The molecule has 0 aliphatic rings. The maximum Gasteiger partial charge on any atom is 0.276 e. The van der Waals surface area contributed by atoms with Gasteiger partial charge in [0.1, 0.15) is 0 Å². The van der Waals surface area contributed by atoms with E-state index in [1.165, 1.54) is 0 Å². The number of hydrogen-bond acceptors (Lipinski definition) is 3. The molecule has 0 amide bonds. The Morgan fingerprint density at radius 2 is 1.36 bits per heavy atom. The third-order valence-corrected chi connectivity index (χ3v) is 5.90. The topological polar surface area (TPSA) is 58.5 Å². The Labute approximate surface area is 167 Å². The Balaban J connectivity index is 1.98. The first kappa shape index (κ1) is 19.8. The van der Waals surface area contributed by atoms with Crippen molar-refractivity contribution in [3.8, 4) is 0 Å². The normalized spacial score (nSPS) is 13.2. The molecule has 0 aliphatic carbocycles. The summed E-state index contributed by atoms with van der Waals surface area (Å²) in [6.07, 6.45) is 0. The first-order valence-electron chi connectivity index (χ1n) is 9.15. The average molecular weight is 393 g/mol. The summed E-state index contributed by atoms with van der Waals surface area (Å²) in [5, 5.41) is 4.35. The molecule has 28 heavy (non-hydrogen) atoms. The monoisotopic (exact) mass is 392 g/mol. The van der Waals surface area contributed by atoms with Gasteiger partial charge in [-0.25, -0.2) is 0 Å². The fourth-order valence-corrected chi connectivity index (χ4v) is 3.73. The minimum atomic E-state index is -3.74. The van der Waals surface area contributed by atoms with Crippen molar-refractivity contribution in [2.75, 3.05) is 0 Å². The summed E-state index contributed by atoms with van der Waals surface area (Å²) < 4.78 is 25.3. The number of hydrazone groups is 1. The summed E-state index contributed by atoms with van der Waals surface area (Å²) in [4.78, 5) is 2.61. The van der Waals surface area contributed by atoms with Crippen molar-refractivity contribution in [3.63, 3.8) is 0 Å². The number of rotatable bonds is 6. The summed E-state index contributed by atoms with van der Waals surface area (Å²) in [6, 6.07) is 24.6. The van der Waals surface area contributed by atoms with Crippen LogP contribution in [0.25, 0.3) is 0 Å². The Morgan fingerprint density at radius 1 is 0.821 bits per heavy atom. The molecule has 0 fully saturated rings. The van der Waals surface area contributed by atoms with E-state index in [9.17, 15) is 8.42 Å². The van der Waals surface area contributed by atoms with Crippen molar-refractivity contribution < 1.29 is 8.42 Å². The minimum absolute atomic E-state index is 0.0791. The molecule has 0 spiro atoms. The van der Waals surface area contributed by atoms with Gasteiger partial charge in [0, 0.05) is 5.92 Å². The summed E-state index contributed by atoms with van der Waals surface area (Å²) >= 11 is 0. The van der Waals surface area contributed by atoms with Gasteiger partial charge in [0.25, 0.3) is 10.0 Å². The lowest BCUT2D eigenvalue weighted by Gasteiger charge is -2.16. The first-order valence-corrected chi connectivity index (χ1v) is 10.6. The number of nitrogens with one attached hydrogen (secondary N) is 1. The van der Waals surface area contributed by atoms with Crippen LogP contribution >= 0.6 is 0 Å². The van der Waals surface area contributed by atoms with Gasteiger partial charge in [-0.15, -0.1) is 0 Å². The molecule has 5 heteroatoms. The summed E-state index contributed by atoms with van der Waals surface area (Å²) in [5.41, 5.74) is 4.75. The van der Waals surface area contributed by atoms with Gasteiger partial charge < -0.3 is 0 Å². The van der Waals surface area contributed by atoms with Gasteiger partial charge in [-0.3, -0.25) is 0 Å². The zero-order chi connectivity index (χ0) is 20.1. The molecule has 4 nitrogen and oxygen atoms in total.